The van der Waals surface area contributed by atoms with Gasteiger partial charge in [0.25, 0.3) is 0 Å². The molecule has 1 aromatic carbocycles. The topological polar surface area (TPSA) is 102 Å². The Morgan fingerprint density at radius 1 is 1.23 bits per heavy atom. The molecule has 9 heteroatoms. The number of piperazine rings is 1. The molecule has 3 unspecified atom stereocenters. The van der Waals surface area contributed by atoms with E-state index in [0.29, 0.717) is 26.2 Å². The highest BCUT2D eigenvalue weighted by Crippen LogP contribution is 2.30. The predicted octanol–water partition coefficient (Wildman–Crippen LogP) is 1.14. The first-order valence-electron chi connectivity index (χ1n) is 8.56. The SMILES string of the molecule is COc1ccccc1N1CCN(C(C(C(=O)NO)C(C)C)S(=O)O)CC1. The van der Waals surface area contributed by atoms with Gasteiger partial charge in [0.05, 0.1) is 18.7 Å². The standard InChI is InChI=1S/C17H27N3O5S/c1-12(2)15(16(21)18-22)17(26(23)24)20-10-8-19(9-11-20)13-6-4-5-7-14(13)25-3/h4-7,12,15,17,22H,8-11H2,1-3H3,(H,18,21)(H,23,24). The van der Waals surface area contributed by atoms with Crippen LogP contribution in [0.4, 0.5) is 5.69 Å². The summed E-state index contributed by atoms with van der Waals surface area (Å²) in [6.45, 7) is 5.92. The van der Waals surface area contributed by atoms with Crippen molar-refractivity contribution < 1.29 is 23.5 Å². The molecule has 3 atom stereocenters. The molecule has 0 bridgehead atoms. The summed E-state index contributed by atoms with van der Waals surface area (Å²) in [6.07, 6.45) is 0. The van der Waals surface area contributed by atoms with Crippen LogP contribution >= 0.6 is 0 Å². The molecule has 0 spiro atoms. The van der Waals surface area contributed by atoms with Gasteiger partial charge in [-0.3, -0.25) is 14.9 Å². The van der Waals surface area contributed by atoms with Crippen LogP contribution < -0.4 is 15.1 Å². The van der Waals surface area contributed by atoms with Crippen LogP contribution in [0.2, 0.25) is 0 Å². The molecule has 146 valence electrons. The van der Waals surface area contributed by atoms with E-state index in [2.05, 4.69) is 4.90 Å². The third-order valence-electron chi connectivity index (χ3n) is 4.74. The fraction of sp³-hybridized carbons (Fsp3) is 0.588. The molecule has 1 aromatic rings. The molecule has 2 rings (SSSR count). The number of ether oxygens (including phenoxy) is 1. The molecule has 1 aliphatic heterocycles. The maximum Gasteiger partial charge on any atom is 0.249 e. The molecule has 1 fully saturated rings. The van der Waals surface area contributed by atoms with E-state index < -0.39 is 28.3 Å². The van der Waals surface area contributed by atoms with Crippen LogP contribution in [0.15, 0.2) is 24.3 Å². The lowest BCUT2D eigenvalue weighted by Crippen LogP contribution is -2.57. The monoisotopic (exact) mass is 385 g/mol. The molecule has 8 nitrogen and oxygen atoms in total. The maximum atomic E-state index is 12.1. The molecule has 0 saturated carbocycles. The lowest BCUT2D eigenvalue weighted by molar-refractivity contribution is -0.136. The van der Waals surface area contributed by atoms with E-state index in [9.17, 15) is 13.6 Å². The highest BCUT2D eigenvalue weighted by molar-refractivity contribution is 7.79. The smallest absolute Gasteiger partial charge is 0.249 e. The zero-order chi connectivity index (χ0) is 19.3. The van der Waals surface area contributed by atoms with Gasteiger partial charge in [-0.05, 0) is 18.1 Å². The van der Waals surface area contributed by atoms with Gasteiger partial charge in [-0.2, -0.15) is 0 Å². The van der Waals surface area contributed by atoms with E-state index >= 15 is 0 Å². The van der Waals surface area contributed by atoms with Crippen LogP contribution in [-0.4, -0.2) is 63.4 Å². The molecular formula is C17H27N3O5S. The third-order valence-corrected chi connectivity index (χ3v) is 5.75. The molecule has 1 heterocycles. The summed E-state index contributed by atoms with van der Waals surface area (Å²) >= 11 is -2.22. The zero-order valence-corrected chi connectivity index (χ0v) is 16.1. The maximum absolute atomic E-state index is 12.1. The minimum atomic E-state index is -2.22. The minimum Gasteiger partial charge on any atom is -0.495 e. The molecule has 1 amide bonds. The van der Waals surface area contributed by atoms with Gasteiger partial charge in [0.2, 0.25) is 5.91 Å². The number of hydrogen-bond donors (Lipinski definition) is 3. The second-order valence-corrected chi connectivity index (χ2v) is 7.64. The number of carbonyl (C=O) groups excluding carboxylic acids is 1. The molecule has 26 heavy (non-hydrogen) atoms. The van der Waals surface area contributed by atoms with Crippen molar-refractivity contribution in [3.63, 3.8) is 0 Å². The van der Waals surface area contributed by atoms with Crippen LogP contribution in [-0.2, 0) is 15.9 Å². The first-order valence-corrected chi connectivity index (χ1v) is 9.73. The van der Waals surface area contributed by atoms with E-state index in [1.807, 2.05) is 29.2 Å². The van der Waals surface area contributed by atoms with Crippen molar-refractivity contribution in [2.24, 2.45) is 11.8 Å². The number of hydrogen-bond acceptors (Lipinski definition) is 6. The number of para-hydroxylation sites is 2. The predicted molar refractivity (Wildman–Crippen MR) is 99.6 cm³/mol. The van der Waals surface area contributed by atoms with Crippen LogP contribution in [0.1, 0.15) is 13.8 Å². The Balaban J connectivity index is 2.15. The molecule has 3 N–H and O–H groups in total. The van der Waals surface area contributed by atoms with Crippen molar-refractivity contribution in [3.05, 3.63) is 24.3 Å². The number of nitrogens with zero attached hydrogens (tertiary/aromatic N) is 2. The van der Waals surface area contributed by atoms with Gasteiger partial charge in [0.15, 0.2) is 11.1 Å². The Bertz CT molecular complexity index is 635. The molecular weight excluding hydrogens is 358 g/mol. The molecule has 1 aliphatic rings. The van der Waals surface area contributed by atoms with Gasteiger partial charge in [0, 0.05) is 26.2 Å². The van der Waals surface area contributed by atoms with Crippen LogP contribution in [0.3, 0.4) is 0 Å². The summed E-state index contributed by atoms with van der Waals surface area (Å²) in [6, 6.07) is 7.72. The van der Waals surface area contributed by atoms with Crippen molar-refractivity contribution in [2.45, 2.75) is 19.2 Å². The minimum absolute atomic E-state index is 0.199. The summed E-state index contributed by atoms with van der Waals surface area (Å²) in [5, 5.41) is 8.14. The van der Waals surface area contributed by atoms with E-state index in [-0.39, 0.29) is 5.92 Å². The summed E-state index contributed by atoms with van der Waals surface area (Å²) < 4.78 is 27.2. The number of rotatable bonds is 7. The Hall–Kier alpha value is -1.68. The van der Waals surface area contributed by atoms with Crippen molar-refractivity contribution in [1.82, 2.24) is 10.4 Å². The van der Waals surface area contributed by atoms with Crippen molar-refractivity contribution in [1.29, 1.82) is 0 Å². The molecule has 0 aromatic heterocycles. The normalized spacial score (nSPS) is 19.1. The Morgan fingerprint density at radius 2 is 1.85 bits per heavy atom. The molecule has 1 saturated heterocycles. The van der Waals surface area contributed by atoms with Crippen LogP contribution in [0.25, 0.3) is 0 Å². The van der Waals surface area contributed by atoms with Gasteiger partial charge in [0.1, 0.15) is 11.1 Å². The highest BCUT2D eigenvalue weighted by atomic mass is 32.2. The summed E-state index contributed by atoms with van der Waals surface area (Å²) in [4.78, 5) is 16.1. The Kier molecular flexibility index (Phi) is 7.39. The highest BCUT2D eigenvalue weighted by Gasteiger charge is 2.40. The molecule has 0 aliphatic carbocycles. The summed E-state index contributed by atoms with van der Waals surface area (Å²) in [7, 11) is 1.63. The lowest BCUT2D eigenvalue weighted by Gasteiger charge is -2.41. The second kappa shape index (κ2) is 9.31. The fourth-order valence-electron chi connectivity index (χ4n) is 3.42. The van der Waals surface area contributed by atoms with Gasteiger partial charge in [-0.1, -0.05) is 26.0 Å². The number of amides is 1. The molecule has 0 radical (unpaired) electrons. The Labute approximate surface area is 156 Å². The first-order chi connectivity index (χ1) is 12.4. The van der Waals surface area contributed by atoms with E-state index in [0.717, 1.165) is 11.4 Å². The number of benzene rings is 1. The van der Waals surface area contributed by atoms with E-state index in [1.165, 1.54) is 0 Å². The largest absolute Gasteiger partial charge is 0.495 e. The Morgan fingerprint density at radius 3 is 2.35 bits per heavy atom. The first kappa shape index (κ1) is 20.6. The van der Waals surface area contributed by atoms with Crippen LogP contribution in [0, 0.1) is 11.8 Å². The van der Waals surface area contributed by atoms with Crippen LogP contribution in [0.5, 0.6) is 5.75 Å². The number of hydroxylamine groups is 1. The van der Waals surface area contributed by atoms with E-state index in [4.69, 9.17) is 9.94 Å². The van der Waals surface area contributed by atoms with Gasteiger partial charge in [-0.15, -0.1) is 0 Å². The average Bonchev–Trinajstić information content (AvgIpc) is 2.65. The quantitative estimate of drug-likeness (QED) is 0.367. The summed E-state index contributed by atoms with van der Waals surface area (Å²) in [5.74, 6) is -0.846. The van der Waals surface area contributed by atoms with Crippen molar-refractivity contribution >= 4 is 22.7 Å². The van der Waals surface area contributed by atoms with E-state index in [1.54, 1.807) is 26.4 Å². The summed E-state index contributed by atoms with van der Waals surface area (Å²) in [5.41, 5.74) is 2.61. The number of anilines is 1. The zero-order valence-electron chi connectivity index (χ0n) is 15.3. The fourth-order valence-corrected chi connectivity index (χ4v) is 4.58. The number of carbonyl (C=O) groups is 1. The number of nitrogens with one attached hydrogen (secondary N) is 1. The van der Waals surface area contributed by atoms with Gasteiger partial charge in [-0.25, -0.2) is 9.69 Å². The number of methoxy groups -OCH3 is 1. The van der Waals surface area contributed by atoms with Gasteiger partial charge < -0.3 is 14.2 Å². The average molecular weight is 385 g/mol. The lowest BCUT2D eigenvalue weighted by atomic mass is 9.93. The van der Waals surface area contributed by atoms with Crippen molar-refractivity contribution in [2.75, 3.05) is 38.2 Å². The second-order valence-electron chi connectivity index (χ2n) is 6.61. The van der Waals surface area contributed by atoms with Crippen molar-refractivity contribution in [3.8, 4) is 5.75 Å². The third kappa shape index (κ3) is 4.53. The van der Waals surface area contributed by atoms with Gasteiger partial charge >= 0.3 is 0 Å².